The Kier molecular flexibility index (Phi) is 5.28. The van der Waals surface area contributed by atoms with Crippen molar-refractivity contribution in [3.63, 3.8) is 0 Å². The third kappa shape index (κ3) is 3.79. The van der Waals surface area contributed by atoms with Gasteiger partial charge in [0.2, 0.25) is 0 Å². The van der Waals surface area contributed by atoms with Crippen molar-refractivity contribution in [2.45, 2.75) is 32.4 Å². The van der Waals surface area contributed by atoms with Crippen LogP contribution in [0.25, 0.3) is 0 Å². The molecule has 0 radical (unpaired) electrons. The minimum Gasteiger partial charge on any atom is -0.497 e. The number of nitrogens with one attached hydrogen (secondary N) is 1. The molecular formula is C19H24N2O4. The van der Waals surface area contributed by atoms with Crippen molar-refractivity contribution in [2.24, 2.45) is 0 Å². The average Bonchev–Trinajstić information content (AvgIpc) is 3.26. The van der Waals surface area contributed by atoms with Crippen LogP contribution in [0, 0.1) is 6.92 Å². The number of carbonyl (C=O) groups is 1. The second-order valence-corrected chi connectivity index (χ2v) is 6.20. The molecule has 6 heteroatoms. The number of hydrogen-bond donors (Lipinski definition) is 1. The molecule has 1 aromatic heterocycles. The molecule has 2 heterocycles. The maximum Gasteiger partial charge on any atom is 0.322 e. The Bertz CT molecular complexity index is 741. The van der Waals surface area contributed by atoms with Crippen molar-refractivity contribution < 1.29 is 18.7 Å². The van der Waals surface area contributed by atoms with Gasteiger partial charge in [0, 0.05) is 25.4 Å². The van der Waals surface area contributed by atoms with Crippen LogP contribution in [-0.2, 0) is 11.3 Å². The van der Waals surface area contributed by atoms with E-state index < -0.39 is 0 Å². The summed E-state index contributed by atoms with van der Waals surface area (Å²) < 4.78 is 16.2. The first-order valence-corrected chi connectivity index (χ1v) is 8.42. The molecule has 1 aliphatic heterocycles. The lowest BCUT2D eigenvalue weighted by molar-refractivity contribution is 0.157. The summed E-state index contributed by atoms with van der Waals surface area (Å²) in [5, 5.41) is 3.00. The molecule has 1 atom stereocenters. The van der Waals surface area contributed by atoms with Gasteiger partial charge in [0.1, 0.15) is 23.9 Å². The van der Waals surface area contributed by atoms with Crippen molar-refractivity contribution >= 4 is 11.7 Å². The van der Waals surface area contributed by atoms with E-state index in [-0.39, 0.29) is 12.1 Å². The van der Waals surface area contributed by atoms with Crippen molar-refractivity contribution in [1.29, 1.82) is 0 Å². The highest BCUT2D eigenvalue weighted by Gasteiger charge is 2.32. The number of aryl methyl sites for hydroxylation is 1. The number of ether oxygens (including phenoxy) is 2. The Balaban J connectivity index is 1.74. The van der Waals surface area contributed by atoms with Crippen LogP contribution in [0.2, 0.25) is 0 Å². The SMILES string of the molecule is COCc1ccc([C@@H]2CCCN2C(=O)Nc2cc(OC)ccc2C)o1. The average molecular weight is 344 g/mol. The second kappa shape index (κ2) is 7.61. The lowest BCUT2D eigenvalue weighted by Crippen LogP contribution is -2.34. The van der Waals surface area contributed by atoms with Crippen LogP contribution < -0.4 is 10.1 Å². The van der Waals surface area contributed by atoms with E-state index in [2.05, 4.69) is 5.32 Å². The topological polar surface area (TPSA) is 63.9 Å². The third-order valence-corrected chi connectivity index (χ3v) is 4.50. The molecule has 1 saturated heterocycles. The smallest absolute Gasteiger partial charge is 0.322 e. The van der Waals surface area contributed by atoms with Gasteiger partial charge in [-0.1, -0.05) is 6.07 Å². The highest BCUT2D eigenvalue weighted by molar-refractivity contribution is 5.90. The van der Waals surface area contributed by atoms with E-state index in [0.717, 1.165) is 35.6 Å². The minimum atomic E-state index is -0.122. The molecule has 0 aliphatic carbocycles. The minimum absolute atomic E-state index is 0.0449. The number of nitrogens with zero attached hydrogens (tertiary/aromatic N) is 1. The molecule has 134 valence electrons. The van der Waals surface area contributed by atoms with Crippen LogP contribution in [0.1, 0.15) is 36.0 Å². The molecule has 25 heavy (non-hydrogen) atoms. The maximum absolute atomic E-state index is 12.8. The van der Waals surface area contributed by atoms with Crippen LogP contribution in [0.3, 0.4) is 0 Å². The van der Waals surface area contributed by atoms with Gasteiger partial charge < -0.3 is 24.1 Å². The van der Waals surface area contributed by atoms with Crippen LogP contribution in [0.4, 0.5) is 10.5 Å². The normalized spacial score (nSPS) is 16.9. The summed E-state index contributed by atoms with van der Waals surface area (Å²) in [7, 11) is 3.25. The molecular weight excluding hydrogens is 320 g/mol. The highest BCUT2D eigenvalue weighted by Crippen LogP contribution is 2.34. The number of benzene rings is 1. The number of hydrogen-bond acceptors (Lipinski definition) is 4. The van der Waals surface area contributed by atoms with E-state index in [4.69, 9.17) is 13.9 Å². The standard InChI is InChI=1S/C19H24N2O4/c1-13-6-7-14(24-3)11-16(13)20-19(22)21-10-4-5-17(21)18-9-8-15(25-18)12-23-2/h6-9,11,17H,4-5,10,12H2,1-3H3,(H,20,22)/t17-/m0/s1. The van der Waals surface area contributed by atoms with E-state index in [1.165, 1.54) is 0 Å². The zero-order valence-corrected chi connectivity index (χ0v) is 14.9. The molecule has 1 fully saturated rings. The molecule has 1 N–H and O–H groups in total. The summed E-state index contributed by atoms with van der Waals surface area (Å²) in [6.45, 7) is 3.10. The third-order valence-electron chi connectivity index (χ3n) is 4.50. The Hall–Kier alpha value is -2.47. The van der Waals surface area contributed by atoms with Crippen molar-refractivity contribution in [2.75, 3.05) is 26.1 Å². The van der Waals surface area contributed by atoms with Gasteiger partial charge >= 0.3 is 6.03 Å². The van der Waals surface area contributed by atoms with E-state index in [1.54, 1.807) is 14.2 Å². The van der Waals surface area contributed by atoms with E-state index in [1.807, 2.05) is 42.2 Å². The first-order valence-electron chi connectivity index (χ1n) is 8.42. The molecule has 0 saturated carbocycles. The van der Waals surface area contributed by atoms with Gasteiger partial charge in [0.15, 0.2) is 0 Å². The van der Waals surface area contributed by atoms with E-state index in [0.29, 0.717) is 18.9 Å². The fourth-order valence-corrected chi connectivity index (χ4v) is 3.15. The molecule has 6 nitrogen and oxygen atoms in total. The summed E-state index contributed by atoms with van der Waals surface area (Å²) >= 11 is 0. The lowest BCUT2D eigenvalue weighted by atomic mass is 10.1. The fraction of sp³-hybridized carbons (Fsp3) is 0.421. The summed E-state index contributed by atoms with van der Waals surface area (Å²) in [6.07, 6.45) is 1.85. The number of furan rings is 1. The van der Waals surface area contributed by atoms with Crippen LogP contribution in [-0.4, -0.2) is 31.7 Å². The number of amides is 2. The number of rotatable bonds is 5. The van der Waals surface area contributed by atoms with Gasteiger partial charge in [-0.05, 0) is 43.5 Å². The fourth-order valence-electron chi connectivity index (χ4n) is 3.15. The molecule has 2 aromatic rings. The molecule has 0 unspecified atom stereocenters. The van der Waals surface area contributed by atoms with Crippen LogP contribution >= 0.6 is 0 Å². The molecule has 1 aliphatic rings. The van der Waals surface area contributed by atoms with E-state index in [9.17, 15) is 4.79 Å². The summed E-state index contributed by atoms with van der Waals surface area (Å²) in [4.78, 5) is 14.6. The molecule has 3 rings (SSSR count). The van der Waals surface area contributed by atoms with Gasteiger partial charge in [0.05, 0.1) is 13.2 Å². The van der Waals surface area contributed by atoms with Gasteiger partial charge in [-0.3, -0.25) is 0 Å². The summed E-state index contributed by atoms with van der Waals surface area (Å²) in [5.74, 6) is 2.30. The number of anilines is 1. The van der Waals surface area contributed by atoms with Crippen molar-refractivity contribution in [1.82, 2.24) is 4.90 Å². The second-order valence-electron chi connectivity index (χ2n) is 6.20. The highest BCUT2D eigenvalue weighted by atomic mass is 16.5. The zero-order chi connectivity index (χ0) is 17.8. The summed E-state index contributed by atoms with van der Waals surface area (Å²) in [6, 6.07) is 9.31. The number of urea groups is 1. The Morgan fingerprint density at radius 2 is 2.16 bits per heavy atom. The number of likely N-dealkylation sites (tertiary alicyclic amines) is 1. The first kappa shape index (κ1) is 17.4. The first-order chi connectivity index (χ1) is 12.1. The summed E-state index contributed by atoms with van der Waals surface area (Å²) in [5.41, 5.74) is 1.75. The largest absolute Gasteiger partial charge is 0.497 e. The Labute approximate surface area is 147 Å². The maximum atomic E-state index is 12.8. The Morgan fingerprint density at radius 1 is 1.32 bits per heavy atom. The number of carbonyl (C=O) groups excluding carboxylic acids is 1. The molecule has 2 amide bonds. The van der Waals surface area contributed by atoms with Gasteiger partial charge in [-0.25, -0.2) is 4.79 Å². The zero-order valence-electron chi connectivity index (χ0n) is 14.9. The molecule has 1 aromatic carbocycles. The van der Waals surface area contributed by atoms with Gasteiger partial charge in [-0.15, -0.1) is 0 Å². The van der Waals surface area contributed by atoms with Crippen LogP contribution in [0.15, 0.2) is 34.7 Å². The quantitative estimate of drug-likeness (QED) is 0.886. The molecule has 0 bridgehead atoms. The van der Waals surface area contributed by atoms with Gasteiger partial charge in [-0.2, -0.15) is 0 Å². The van der Waals surface area contributed by atoms with Crippen molar-refractivity contribution in [3.05, 3.63) is 47.4 Å². The number of methoxy groups -OCH3 is 2. The Morgan fingerprint density at radius 3 is 2.92 bits per heavy atom. The van der Waals surface area contributed by atoms with Gasteiger partial charge in [0.25, 0.3) is 0 Å². The lowest BCUT2D eigenvalue weighted by Gasteiger charge is -2.24. The predicted molar refractivity (Wildman–Crippen MR) is 94.9 cm³/mol. The van der Waals surface area contributed by atoms with E-state index >= 15 is 0 Å². The predicted octanol–water partition coefficient (Wildman–Crippen LogP) is 4.11. The van der Waals surface area contributed by atoms with Crippen molar-refractivity contribution in [3.8, 4) is 5.75 Å². The molecule has 0 spiro atoms. The van der Waals surface area contributed by atoms with Crippen LogP contribution in [0.5, 0.6) is 5.75 Å². The monoisotopic (exact) mass is 344 g/mol.